The van der Waals surface area contributed by atoms with Crippen LogP contribution >= 0.6 is 0 Å². The quantitative estimate of drug-likeness (QED) is 0.549. The number of ether oxygens (including phenoxy) is 2. The predicted octanol–water partition coefficient (Wildman–Crippen LogP) is 2.69. The fraction of sp³-hybridized carbons (Fsp3) is 0.348. The van der Waals surface area contributed by atoms with E-state index in [1.807, 2.05) is 25.1 Å². The molecule has 0 N–H and O–H groups in total. The molecule has 0 bridgehead atoms. The first-order valence-electron chi connectivity index (χ1n) is 10.6. The van der Waals surface area contributed by atoms with Crippen molar-refractivity contribution in [2.75, 3.05) is 20.2 Å². The van der Waals surface area contributed by atoms with E-state index in [4.69, 9.17) is 9.47 Å². The van der Waals surface area contributed by atoms with Gasteiger partial charge in [0.15, 0.2) is 0 Å². The van der Waals surface area contributed by atoms with E-state index in [0.29, 0.717) is 36.3 Å². The molecule has 0 unspecified atom stereocenters. The fourth-order valence-corrected chi connectivity index (χ4v) is 3.90. The zero-order valence-electron chi connectivity index (χ0n) is 18.1. The average molecular weight is 435 g/mol. The summed E-state index contributed by atoms with van der Waals surface area (Å²) in [6.07, 6.45) is 6.66. The van der Waals surface area contributed by atoms with Crippen molar-refractivity contribution >= 4 is 11.9 Å². The number of aromatic nitrogens is 4. The minimum absolute atomic E-state index is 0.116. The van der Waals surface area contributed by atoms with Crippen LogP contribution in [0.2, 0.25) is 0 Å². The summed E-state index contributed by atoms with van der Waals surface area (Å²) >= 11 is 0. The van der Waals surface area contributed by atoms with Crippen molar-refractivity contribution in [2.45, 2.75) is 32.3 Å². The van der Waals surface area contributed by atoms with E-state index >= 15 is 0 Å². The highest BCUT2D eigenvalue weighted by molar-refractivity contribution is 5.97. The van der Waals surface area contributed by atoms with Crippen molar-refractivity contribution in [2.24, 2.45) is 0 Å². The third-order valence-corrected chi connectivity index (χ3v) is 5.49. The van der Waals surface area contributed by atoms with Gasteiger partial charge in [-0.1, -0.05) is 19.1 Å². The van der Waals surface area contributed by atoms with E-state index < -0.39 is 5.97 Å². The number of aryl methyl sites for hydroxylation is 1. The van der Waals surface area contributed by atoms with Crippen LogP contribution in [-0.2, 0) is 11.2 Å². The number of methoxy groups -OCH3 is 1. The number of nitrogens with zero attached hydrogens (tertiary/aromatic N) is 5. The highest BCUT2D eigenvalue weighted by Gasteiger charge is 2.29. The van der Waals surface area contributed by atoms with E-state index in [9.17, 15) is 9.59 Å². The second-order valence-corrected chi connectivity index (χ2v) is 7.46. The number of hydrogen-bond donors (Lipinski definition) is 0. The van der Waals surface area contributed by atoms with Crippen molar-refractivity contribution in [1.82, 2.24) is 24.9 Å². The van der Waals surface area contributed by atoms with E-state index in [2.05, 4.69) is 15.2 Å². The number of esters is 1. The number of amides is 1. The summed E-state index contributed by atoms with van der Waals surface area (Å²) in [7, 11) is 1.34. The second-order valence-electron chi connectivity index (χ2n) is 7.46. The molecule has 4 rings (SSSR count). The third-order valence-electron chi connectivity index (χ3n) is 5.49. The Morgan fingerprint density at radius 2 is 1.91 bits per heavy atom. The summed E-state index contributed by atoms with van der Waals surface area (Å²) in [5, 5.41) is 8.31. The Kier molecular flexibility index (Phi) is 6.44. The smallest absolute Gasteiger partial charge is 0.343 e. The predicted molar refractivity (Wildman–Crippen MR) is 116 cm³/mol. The zero-order chi connectivity index (χ0) is 22.5. The van der Waals surface area contributed by atoms with Gasteiger partial charge in [-0.2, -0.15) is 15.0 Å². The standard InChI is InChI=1S/C23H25N5O4/c1-3-16-10-11-24-21(20(16)23(30)31-2)32-17-7-6-14-27(15-17)22(29)18-8-4-5-9-19(18)28-25-12-13-26-28/h4-5,8-13,17H,3,6-7,14-15H2,1-2H3/t17-/m1/s1. The van der Waals surface area contributed by atoms with Gasteiger partial charge in [0.1, 0.15) is 11.7 Å². The van der Waals surface area contributed by atoms with Crippen LogP contribution in [0.4, 0.5) is 0 Å². The lowest BCUT2D eigenvalue weighted by atomic mass is 10.0. The average Bonchev–Trinajstić information content (AvgIpc) is 3.38. The first-order chi connectivity index (χ1) is 15.6. The molecule has 9 heteroatoms. The van der Waals surface area contributed by atoms with Crippen molar-refractivity contribution in [3.8, 4) is 11.6 Å². The van der Waals surface area contributed by atoms with Gasteiger partial charge in [-0.05, 0) is 43.0 Å². The van der Waals surface area contributed by atoms with Gasteiger partial charge in [0, 0.05) is 12.7 Å². The summed E-state index contributed by atoms with van der Waals surface area (Å²) in [5.74, 6) is -0.347. The normalized spacial score (nSPS) is 15.9. The molecule has 0 spiro atoms. The molecule has 3 heterocycles. The van der Waals surface area contributed by atoms with Crippen LogP contribution in [0, 0.1) is 0 Å². The van der Waals surface area contributed by atoms with Gasteiger partial charge in [-0.3, -0.25) is 4.79 Å². The molecule has 1 aliphatic rings. The van der Waals surface area contributed by atoms with Crippen LogP contribution in [0.5, 0.6) is 5.88 Å². The van der Waals surface area contributed by atoms with Crippen LogP contribution in [0.3, 0.4) is 0 Å². The van der Waals surface area contributed by atoms with Gasteiger partial charge < -0.3 is 14.4 Å². The lowest BCUT2D eigenvalue weighted by Crippen LogP contribution is -2.44. The highest BCUT2D eigenvalue weighted by atomic mass is 16.5. The monoisotopic (exact) mass is 435 g/mol. The Hall–Kier alpha value is -3.75. The molecular formula is C23H25N5O4. The number of hydrogen-bond acceptors (Lipinski definition) is 7. The second kappa shape index (κ2) is 9.59. The lowest BCUT2D eigenvalue weighted by molar-refractivity contribution is 0.0497. The molecule has 1 atom stereocenters. The summed E-state index contributed by atoms with van der Waals surface area (Å²) in [6, 6.07) is 9.04. The molecule has 1 aliphatic heterocycles. The van der Waals surface area contributed by atoms with Crippen molar-refractivity contribution in [1.29, 1.82) is 0 Å². The maximum atomic E-state index is 13.3. The first kappa shape index (κ1) is 21.5. The van der Waals surface area contributed by atoms with Crippen molar-refractivity contribution in [3.05, 3.63) is 65.6 Å². The number of pyridine rings is 1. The first-order valence-corrected chi connectivity index (χ1v) is 10.6. The number of para-hydroxylation sites is 1. The summed E-state index contributed by atoms with van der Waals surface area (Å²) in [6.45, 7) is 2.96. The van der Waals surface area contributed by atoms with Crippen molar-refractivity contribution < 1.29 is 19.1 Å². The number of benzene rings is 1. The number of piperidine rings is 1. The Balaban J connectivity index is 1.55. The lowest BCUT2D eigenvalue weighted by Gasteiger charge is -2.33. The van der Waals surface area contributed by atoms with Gasteiger partial charge in [0.25, 0.3) is 5.91 Å². The molecule has 0 saturated carbocycles. The summed E-state index contributed by atoms with van der Waals surface area (Å²) in [4.78, 5) is 33.2. The van der Waals surface area contributed by atoms with Crippen LogP contribution in [-0.4, -0.2) is 63.1 Å². The minimum Gasteiger partial charge on any atom is -0.472 e. The molecule has 1 aromatic carbocycles. The summed E-state index contributed by atoms with van der Waals surface area (Å²) in [5.41, 5.74) is 2.30. The minimum atomic E-state index is -0.477. The fourth-order valence-electron chi connectivity index (χ4n) is 3.90. The number of carbonyl (C=O) groups is 2. The zero-order valence-corrected chi connectivity index (χ0v) is 18.1. The summed E-state index contributed by atoms with van der Waals surface area (Å²) < 4.78 is 11.1. The molecule has 1 fully saturated rings. The van der Waals surface area contributed by atoms with Crippen LogP contribution in [0.1, 0.15) is 46.0 Å². The molecule has 0 radical (unpaired) electrons. The van der Waals surface area contributed by atoms with Crippen LogP contribution in [0.25, 0.3) is 5.69 Å². The maximum Gasteiger partial charge on any atom is 0.343 e. The largest absolute Gasteiger partial charge is 0.472 e. The molecule has 9 nitrogen and oxygen atoms in total. The van der Waals surface area contributed by atoms with Gasteiger partial charge in [0.05, 0.1) is 37.3 Å². The van der Waals surface area contributed by atoms with Crippen LogP contribution in [0.15, 0.2) is 48.9 Å². The van der Waals surface area contributed by atoms with Gasteiger partial charge in [-0.15, -0.1) is 0 Å². The maximum absolute atomic E-state index is 13.3. The van der Waals surface area contributed by atoms with E-state index in [-0.39, 0.29) is 17.9 Å². The van der Waals surface area contributed by atoms with E-state index in [1.54, 1.807) is 35.6 Å². The van der Waals surface area contributed by atoms with Gasteiger partial charge in [0.2, 0.25) is 5.88 Å². The molecular weight excluding hydrogens is 410 g/mol. The highest BCUT2D eigenvalue weighted by Crippen LogP contribution is 2.26. The Bertz CT molecular complexity index is 1100. The number of likely N-dealkylation sites (tertiary alicyclic amines) is 1. The number of carbonyl (C=O) groups excluding carboxylic acids is 2. The molecule has 3 aromatic rings. The molecule has 0 aliphatic carbocycles. The van der Waals surface area contributed by atoms with Crippen molar-refractivity contribution in [3.63, 3.8) is 0 Å². The van der Waals surface area contributed by atoms with E-state index in [1.165, 1.54) is 11.9 Å². The van der Waals surface area contributed by atoms with Gasteiger partial charge in [-0.25, -0.2) is 9.78 Å². The van der Waals surface area contributed by atoms with E-state index in [0.717, 1.165) is 18.4 Å². The molecule has 32 heavy (non-hydrogen) atoms. The Morgan fingerprint density at radius 1 is 1.12 bits per heavy atom. The molecule has 166 valence electrons. The van der Waals surface area contributed by atoms with Crippen LogP contribution < -0.4 is 4.74 Å². The molecule has 1 saturated heterocycles. The number of rotatable bonds is 6. The molecule has 1 amide bonds. The topological polar surface area (TPSA) is 99.4 Å². The SMILES string of the molecule is CCc1ccnc(O[C@@H]2CCCN(C(=O)c3ccccc3-n3nccn3)C2)c1C(=O)OC. The Labute approximate surface area is 186 Å². The third kappa shape index (κ3) is 4.32. The Morgan fingerprint density at radius 3 is 2.66 bits per heavy atom. The van der Waals surface area contributed by atoms with Gasteiger partial charge >= 0.3 is 5.97 Å². The molecule has 2 aromatic heterocycles.